The molecule has 2 heterocycles. The lowest BCUT2D eigenvalue weighted by molar-refractivity contribution is 0.952. The van der Waals surface area contributed by atoms with E-state index in [1.54, 1.807) is 0 Å². The lowest BCUT2D eigenvalue weighted by Gasteiger charge is -2.11. The average Bonchev–Trinajstić information content (AvgIpc) is 2.84. The summed E-state index contributed by atoms with van der Waals surface area (Å²) in [6.45, 7) is 0.932. The fourth-order valence-electron chi connectivity index (χ4n) is 2.44. The highest BCUT2D eigenvalue weighted by molar-refractivity contribution is 7.99. The smallest absolute Gasteiger partial charge is 0.0456 e. The van der Waals surface area contributed by atoms with Crippen LogP contribution in [0.1, 0.15) is 18.4 Å². The SMILES string of the molecule is c1ccc2c(CCN=C3CCSCC3)c[nH]c2c1. The van der Waals surface area contributed by atoms with Gasteiger partial charge in [-0.3, -0.25) is 4.99 Å². The first-order valence-corrected chi connectivity index (χ1v) is 7.74. The number of rotatable bonds is 3. The second kappa shape index (κ2) is 5.61. The highest BCUT2D eigenvalue weighted by atomic mass is 32.2. The van der Waals surface area contributed by atoms with Gasteiger partial charge >= 0.3 is 0 Å². The van der Waals surface area contributed by atoms with Crippen LogP contribution in [0, 0.1) is 0 Å². The van der Waals surface area contributed by atoms with Crippen LogP contribution in [-0.4, -0.2) is 28.7 Å². The number of aromatic amines is 1. The zero-order valence-electron chi connectivity index (χ0n) is 10.5. The lowest BCUT2D eigenvalue weighted by Crippen LogP contribution is -2.09. The predicted molar refractivity (Wildman–Crippen MR) is 80.9 cm³/mol. The number of H-pyrrole nitrogens is 1. The van der Waals surface area contributed by atoms with E-state index in [-0.39, 0.29) is 0 Å². The van der Waals surface area contributed by atoms with E-state index in [0.717, 1.165) is 13.0 Å². The van der Waals surface area contributed by atoms with E-state index in [1.165, 1.54) is 46.5 Å². The number of hydrogen-bond donors (Lipinski definition) is 1. The van der Waals surface area contributed by atoms with Crippen molar-refractivity contribution >= 4 is 28.4 Å². The molecule has 18 heavy (non-hydrogen) atoms. The van der Waals surface area contributed by atoms with Crippen LogP contribution in [0.2, 0.25) is 0 Å². The summed E-state index contributed by atoms with van der Waals surface area (Å²) >= 11 is 2.05. The molecule has 0 aliphatic carbocycles. The van der Waals surface area contributed by atoms with Gasteiger partial charge in [-0.25, -0.2) is 0 Å². The number of aliphatic imine (C=N–C) groups is 1. The standard InChI is InChI=1S/C15H18N2S/c1-2-4-15-14(3-1)12(11-17-15)5-8-16-13-6-9-18-10-7-13/h1-4,11,17H,5-10H2. The Balaban J connectivity index is 1.66. The summed E-state index contributed by atoms with van der Waals surface area (Å²) in [7, 11) is 0. The van der Waals surface area contributed by atoms with Crippen LogP contribution in [0.15, 0.2) is 35.5 Å². The molecule has 3 heteroatoms. The van der Waals surface area contributed by atoms with Crippen molar-refractivity contribution in [2.75, 3.05) is 18.1 Å². The minimum Gasteiger partial charge on any atom is -0.361 e. The average molecular weight is 258 g/mol. The van der Waals surface area contributed by atoms with Gasteiger partial charge in [0, 0.05) is 29.4 Å². The van der Waals surface area contributed by atoms with E-state index in [2.05, 4.69) is 35.4 Å². The Labute approximate surface area is 112 Å². The highest BCUT2D eigenvalue weighted by Gasteiger charge is 2.07. The maximum atomic E-state index is 4.75. The quantitative estimate of drug-likeness (QED) is 0.893. The van der Waals surface area contributed by atoms with E-state index < -0.39 is 0 Å². The molecule has 0 atom stereocenters. The number of benzene rings is 1. The molecule has 1 aromatic heterocycles. The normalized spacial score (nSPS) is 16.1. The number of hydrogen-bond acceptors (Lipinski definition) is 2. The van der Waals surface area contributed by atoms with Gasteiger partial charge in [-0.2, -0.15) is 11.8 Å². The van der Waals surface area contributed by atoms with Gasteiger partial charge in [-0.05, 0) is 42.4 Å². The van der Waals surface area contributed by atoms with Gasteiger partial charge < -0.3 is 4.98 Å². The van der Waals surface area contributed by atoms with E-state index in [1.807, 2.05) is 11.8 Å². The van der Waals surface area contributed by atoms with Gasteiger partial charge in [0.25, 0.3) is 0 Å². The maximum absolute atomic E-state index is 4.75. The topological polar surface area (TPSA) is 28.1 Å². The molecule has 1 aromatic carbocycles. The molecular formula is C15H18N2S. The Morgan fingerprint density at radius 1 is 1.17 bits per heavy atom. The Hall–Kier alpha value is -1.22. The molecule has 1 fully saturated rings. The van der Waals surface area contributed by atoms with Crippen molar-refractivity contribution in [1.82, 2.24) is 4.98 Å². The van der Waals surface area contributed by atoms with Gasteiger partial charge in [0.1, 0.15) is 0 Å². The van der Waals surface area contributed by atoms with E-state index in [0.29, 0.717) is 0 Å². The fourth-order valence-corrected chi connectivity index (χ4v) is 3.40. The molecule has 1 aliphatic heterocycles. The maximum Gasteiger partial charge on any atom is 0.0456 e. The molecule has 0 saturated carbocycles. The largest absolute Gasteiger partial charge is 0.361 e. The van der Waals surface area contributed by atoms with E-state index >= 15 is 0 Å². The van der Waals surface area contributed by atoms with Crippen molar-refractivity contribution < 1.29 is 0 Å². The van der Waals surface area contributed by atoms with Gasteiger partial charge in [0.05, 0.1) is 0 Å². The van der Waals surface area contributed by atoms with Crippen molar-refractivity contribution in [2.24, 2.45) is 4.99 Å². The van der Waals surface area contributed by atoms with Crippen LogP contribution in [-0.2, 0) is 6.42 Å². The number of aromatic nitrogens is 1. The zero-order chi connectivity index (χ0) is 12.2. The number of fused-ring (bicyclic) bond motifs is 1. The van der Waals surface area contributed by atoms with Gasteiger partial charge in [0.2, 0.25) is 0 Å². The van der Waals surface area contributed by atoms with Crippen molar-refractivity contribution in [2.45, 2.75) is 19.3 Å². The van der Waals surface area contributed by atoms with Crippen molar-refractivity contribution in [3.05, 3.63) is 36.0 Å². The summed E-state index contributed by atoms with van der Waals surface area (Å²) in [5.41, 5.74) is 4.04. The molecule has 0 radical (unpaired) electrons. The Bertz CT molecular complexity index is 548. The van der Waals surface area contributed by atoms with Gasteiger partial charge in [0.15, 0.2) is 0 Å². The summed E-state index contributed by atoms with van der Waals surface area (Å²) in [6.07, 6.45) is 5.55. The third-order valence-corrected chi connectivity index (χ3v) is 4.45. The van der Waals surface area contributed by atoms with Crippen LogP contribution in [0.4, 0.5) is 0 Å². The first-order valence-electron chi connectivity index (χ1n) is 6.58. The third-order valence-electron chi connectivity index (χ3n) is 3.46. The minimum atomic E-state index is 0.932. The van der Waals surface area contributed by atoms with E-state index in [9.17, 15) is 0 Å². The first-order chi connectivity index (χ1) is 8.93. The molecule has 0 amide bonds. The summed E-state index contributed by atoms with van der Waals surface area (Å²) in [4.78, 5) is 8.08. The second-order valence-electron chi connectivity index (χ2n) is 4.67. The molecule has 0 bridgehead atoms. The molecule has 1 saturated heterocycles. The fraction of sp³-hybridized carbons (Fsp3) is 0.400. The molecule has 94 valence electrons. The number of thioether (sulfide) groups is 1. The van der Waals surface area contributed by atoms with Crippen LogP contribution in [0.5, 0.6) is 0 Å². The lowest BCUT2D eigenvalue weighted by atomic mass is 10.1. The summed E-state index contributed by atoms with van der Waals surface area (Å²) in [6, 6.07) is 8.49. The van der Waals surface area contributed by atoms with Gasteiger partial charge in [-0.1, -0.05) is 18.2 Å². The molecule has 1 N–H and O–H groups in total. The Kier molecular flexibility index (Phi) is 3.69. The summed E-state index contributed by atoms with van der Waals surface area (Å²) in [5, 5.41) is 1.34. The first kappa shape index (κ1) is 11.8. The predicted octanol–water partition coefficient (Wildman–Crippen LogP) is 3.68. The van der Waals surface area contributed by atoms with Crippen LogP contribution < -0.4 is 0 Å². The number of nitrogens with zero attached hydrogens (tertiary/aromatic N) is 1. The van der Waals surface area contributed by atoms with Gasteiger partial charge in [-0.15, -0.1) is 0 Å². The van der Waals surface area contributed by atoms with Crippen molar-refractivity contribution in [3.8, 4) is 0 Å². The van der Waals surface area contributed by atoms with Crippen LogP contribution in [0.3, 0.4) is 0 Å². The second-order valence-corrected chi connectivity index (χ2v) is 5.89. The zero-order valence-corrected chi connectivity index (χ0v) is 11.3. The number of para-hydroxylation sites is 1. The third kappa shape index (κ3) is 2.61. The summed E-state index contributed by atoms with van der Waals surface area (Å²) in [5.74, 6) is 2.51. The Morgan fingerprint density at radius 3 is 2.89 bits per heavy atom. The van der Waals surface area contributed by atoms with Crippen molar-refractivity contribution in [3.63, 3.8) is 0 Å². The summed E-state index contributed by atoms with van der Waals surface area (Å²) < 4.78 is 0. The van der Waals surface area contributed by atoms with Crippen LogP contribution >= 0.6 is 11.8 Å². The highest BCUT2D eigenvalue weighted by Crippen LogP contribution is 2.18. The molecule has 3 rings (SSSR count). The number of nitrogens with one attached hydrogen (secondary N) is 1. The van der Waals surface area contributed by atoms with E-state index in [4.69, 9.17) is 4.99 Å². The minimum absolute atomic E-state index is 0.932. The molecule has 0 unspecified atom stereocenters. The molecule has 2 aromatic rings. The monoisotopic (exact) mass is 258 g/mol. The molecule has 0 spiro atoms. The van der Waals surface area contributed by atoms with Crippen LogP contribution in [0.25, 0.3) is 10.9 Å². The molecule has 2 nitrogen and oxygen atoms in total. The Morgan fingerprint density at radius 2 is 2.00 bits per heavy atom. The molecular weight excluding hydrogens is 240 g/mol. The molecule has 1 aliphatic rings. The van der Waals surface area contributed by atoms with Crippen molar-refractivity contribution in [1.29, 1.82) is 0 Å².